The van der Waals surface area contributed by atoms with Crippen molar-refractivity contribution in [2.75, 3.05) is 6.61 Å². The van der Waals surface area contributed by atoms with Crippen LogP contribution in [0.25, 0.3) is 0 Å². The molecule has 0 spiro atoms. The van der Waals surface area contributed by atoms with Gasteiger partial charge in [0.25, 0.3) is 0 Å². The molecule has 0 heterocycles. The molecule has 0 rings (SSSR count). The van der Waals surface area contributed by atoms with Crippen LogP contribution in [0.2, 0.25) is 0 Å². The zero-order chi connectivity index (χ0) is 10.6. The quantitative estimate of drug-likeness (QED) is 0.272. The standard InChI is InChI=1S/C6H13ClO6/c7-6(13)5(12)4(11)3(10)2(9)1-8/h2-6,8-13H,1H2/t2-,3-,4-,5-,6?/m1/s1. The van der Waals surface area contributed by atoms with E-state index in [-0.39, 0.29) is 0 Å². The lowest BCUT2D eigenvalue weighted by Gasteiger charge is -2.26. The minimum absolute atomic E-state index is 0.774. The van der Waals surface area contributed by atoms with Crippen LogP contribution < -0.4 is 0 Å². The molecule has 0 amide bonds. The van der Waals surface area contributed by atoms with Crippen LogP contribution >= 0.6 is 11.6 Å². The molecule has 1 unspecified atom stereocenters. The predicted octanol–water partition coefficient (Wildman–Crippen LogP) is -3.02. The number of rotatable bonds is 5. The SMILES string of the molecule is OC[C@@H](O)[C@@H](O)[C@@H](O)[C@@H](O)C(O)Cl. The van der Waals surface area contributed by atoms with Crippen LogP contribution in [-0.4, -0.2) is 67.2 Å². The summed E-state index contributed by atoms with van der Waals surface area (Å²) in [5.41, 5.74) is -1.75. The first kappa shape index (κ1) is 13.1. The second kappa shape index (κ2) is 5.71. The molecule has 7 heteroatoms. The van der Waals surface area contributed by atoms with Gasteiger partial charge in [0.1, 0.15) is 24.4 Å². The van der Waals surface area contributed by atoms with Gasteiger partial charge in [-0.1, -0.05) is 11.6 Å². The van der Waals surface area contributed by atoms with Crippen LogP contribution in [0.1, 0.15) is 0 Å². The molecule has 5 atom stereocenters. The van der Waals surface area contributed by atoms with Gasteiger partial charge in [0.15, 0.2) is 5.56 Å². The van der Waals surface area contributed by atoms with E-state index in [1.165, 1.54) is 0 Å². The second-order valence-corrected chi connectivity index (χ2v) is 3.04. The fourth-order valence-electron chi connectivity index (χ4n) is 0.700. The molecule has 80 valence electrons. The molecule has 0 fully saturated rings. The highest BCUT2D eigenvalue weighted by Gasteiger charge is 2.33. The maximum atomic E-state index is 9.04. The third-order valence-corrected chi connectivity index (χ3v) is 1.82. The van der Waals surface area contributed by atoms with E-state index in [4.69, 9.17) is 42.2 Å². The van der Waals surface area contributed by atoms with Crippen molar-refractivity contribution >= 4 is 11.6 Å². The lowest BCUT2D eigenvalue weighted by Crippen LogP contribution is -2.48. The molecule has 0 aliphatic carbocycles. The average Bonchev–Trinajstić information content (AvgIpc) is 2.12. The number of halogens is 1. The van der Waals surface area contributed by atoms with Crippen molar-refractivity contribution in [2.24, 2.45) is 0 Å². The Morgan fingerprint density at radius 2 is 1.31 bits per heavy atom. The molecule has 13 heavy (non-hydrogen) atoms. The van der Waals surface area contributed by atoms with Crippen molar-refractivity contribution in [2.45, 2.75) is 30.0 Å². The summed E-state index contributed by atoms with van der Waals surface area (Å²) in [7, 11) is 0. The highest BCUT2D eigenvalue weighted by Crippen LogP contribution is 2.10. The molecule has 0 bridgehead atoms. The summed E-state index contributed by atoms with van der Waals surface area (Å²) in [6.07, 6.45) is -6.99. The molecule has 0 saturated heterocycles. The maximum absolute atomic E-state index is 9.04. The highest BCUT2D eigenvalue weighted by molar-refractivity contribution is 6.19. The van der Waals surface area contributed by atoms with Crippen molar-refractivity contribution < 1.29 is 30.6 Å². The summed E-state index contributed by atoms with van der Waals surface area (Å²) in [5, 5.41) is 52.8. The molecule has 0 aliphatic rings. The predicted molar refractivity (Wildman–Crippen MR) is 43.0 cm³/mol. The minimum atomic E-state index is -1.82. The van der Waals surface area contributed by atoms with E-state index in [0.717, 1.165) is 0 Å². The third kappa shape index (κ3) is 3.74. The molecule has 0 aromatic carbocycles. The van der Waals surface area contributed by atoms with Gasteiger partial charge in [-0.25, -0.2) is 0 Å². The van der Waals surface area contributed by atoms with Crippen LogP contribution in [0.4, 0.5) is 0 Å². The first-order chi connectivity index (χ1) is 5.91. The Labute approximate surface area is 79.6 Å². The summed E-state index contributed by atoms with van der Waals surface area (Å²) < 4.78 is 0. The highest BCUT2D eigenvalue weighted by atomic mass is 35.5. The van der Waals surface area contributed by atoms with Crippen LogP contribution in [0, 0.1) is 0 Å². The van der Waals surface area contributed by atoms with E-state index in [2.05, 4.69) is 0 Å². The molecule has 0 aromatic heterocycles. The summed E-state index contributed by atoms with van der Waals surface area (Å²) >= 11 is 5.01. The zero-order valence-corrected chi connectivity index (χ0v) is 7.41. The summed E-state index contributed by atoms with van der Waals surface area (Å²) in [6.45, 7) is -0.774. The lowest BCUT2D eigenvalue weighted by atomic mass is 10.0. The van der Waals surface area contributed by atoms with E-state index in [0.29, 0.717) is 0 Å². The fraction of sp³-hybridized carbons (Fsp3) is 1.00. The van der Waals surface area contributed by atoms with Crippen LogP contribution in [0.15, 0.2) is 0 Å². The van der Waals surface area contributed by atoms with E-state index < -0.39 is 36.6 Å². The number of aliphatic hydroxyl groups excluding tert-OH is 6. The molecule has 6 N–H and O–H groups in total. The molecule has 6 nitrogen and oxygen atoms in total. The molecule has 0 aromatic rings. The van der Waals surface area contributed by atoms with E-state index in [1.54, 1.807) is 0 Å². The summed E-state index contributed by atoms with van der Waals surface area (Å²) in [4.78, 5) is 0. The van der Waals surface area contributed by atoms with Crippen molar-refractivity contribution in [1.82, 2.24) is 0 Å². The van der Waals surface area contributed by atoms with Crippen LogP contribution in [0.3, 0.4) is 0 Å². The van der Waals surface area contributed by atoms with Gasteiger partial charge in [-0.3, -0.25) is 0 Å². The Bertz CT molecular complexity index is 143. The second-order valence-electron chi connectivity index (χ2n) is 2.59. The van der Waals surface area contributed by atoms with Gasteiger partial charge in [0, 0.05) is 0 Å². The topological polar surface area (TPSA) is 121 Å². The van der Waals surface area contributed by atoms with Gasteiger partial charge in [-0.2, -0.15) is 0 Å². The van der Waals surface area contributed by atoms with Gasteiger partial charge in [0.2, 0.25) is 0 Å². The molecular formula is C6H13ClO6. The molecule has 0 radical (unpaired) electrons. The number of aliphatic hydroxyl groups is 6. The fourth-order valence-corrected chi connectivity index (χ4v) is 0.849. The van der Waals surface area contributed by atoms with Gasteiger partial charge < -0.3 is 30.6 Å². The lowest BCUT2D eigenvalue weighted by molar-refractivity contribution is -0.128. The summed E-state index contributed by atoms with van der Waals surface area (Å²) in [5.74, 6) is 0. The molecular weight excluding hydrogens is 204 g/mol. The minimum Gasteiger partial charge on any atom is -0.394 e. The third-order valence-electron chi connectivity index (χ3n) is 1.56. The number of alkyl halides is 1. The van der Waals surface area contributed by atoms with Crippen molar-refractivity contribution in [3.8, 4) is 0 Å². The van der Waals surface area contributed by atoms with Gasteiger partial charge in [-0.15, -0.1) is 0 Å². The number of hydrogen-bond donors (Lipinski definition) is 6. The van der Waals surface area contributed by atoms with Crippen molar-refractivity contribution in [3.05, 3.63) is 0 Å². The van der Waals surface area contributed by atoms with E-state index >= 15 is 0 Å². The van der Waals surface area contributed by atoms with Crippen molar-refractivity contribution in [3.63, 3.8) is 0 Å². The number of hydrogen-bond acceptors (Lipinski definition) is 6. The molecule has 0 aliphatic heterocycles. The van der Waals surface area contributed by atoms with Gasteiger partial charge in [-0.05, 0) is 0 Å². The first-order valence-corrected chi connectivity index (χ1v) is 4.00. The van der Waals surface area contributed by atoms with Crippen LogP contribution in [0.5, 0.6) is 0 Å². The largest absolute Gasteiger partial charge is 0.394 e. The Hall–Kier alpha value is 0.0500. The smallest absolute Gasteiger partial charge is 0.156 e. The first-order valence-electron chi connectivity index (χ1n) is 3.57. The van der Waals surface area contributed by atoms with E-state index in [9.17, 15) is 0 Å². The monoisotopic (exact) mass is 216 g/mol. The average molecular weight is 217 g/mol. The van der Waals surface area contributed by atoms with Gasteiger partial charge in [0.05, 0.1) is 6.61 Å². The Kier molecular flexibility index (Phi) is 5.73. The van der Waals surface area contributed by atoms with Crippen molar-refractivity contribution in [1.29, 1.82) is 0 Å². The maximum Gasteiger partial charge on any atom is 0.156 e. The normalized spacial score (nSPS) is 23.3. The van der Waals surface area contributed by atoms with Crippen LogP contribution in [-0.2, 0) is 0 Å². The Morgan fingerprint density at radius 1 is 0.846 bits per heavy atom. The van der Waals surface area contributed by atoms with E-state index in [1.807, 2.05) is 0 Å². The zero-order valence-electron chi connectivity index (χ0n) is 6.66. The summed E-state index contributed by atoms with van der Waals surface area (Å²) in [6, 6.07) is 0. The Morgan fingerprint density at radius 3 is 1.62 bits per heavy atom. The Balaban J connectivity index is 4.15. The van der Waals surface area contributed by atoms with Gasteiger partial charge >= 0.3 is 0 Å². The molecule has 0 saturated carbocycles.